The monoisotopic (exact) mass is 371 g/mol. The number of rotatable bonds is 7. The average Bonchev–Trinajstić information content (AvgIpc) is 2.32. The second-order valence-corrected chi connectivity index (χ2v) is 6.46. The molecule has 0 unspecified atom stereocenters. The Labute approximate surface area is 129 Å². The van der Waals surface area contributed by atoms with E-state index in [-0.39, 0.29) is 24.1 Å². The van der Waals surface area contributed by atoms with Crippen molar-refractivity contribution in [3.63, 3.8) is 0 Å². The van der Waals surface area contributed by atoms with Crippen molar-refractivity contribution >= 4 is 27.7 Å². The molecule has 0 amide bonds. The van der Waals surface area contributed by atoms with Crippen LogP contribution < -0.4 is 10.1 Å². The Bertz CT molecular complexity index is 427. The predicted octanol–water partition coefficient (Wildman–Crippen LogP) is 4.58. The summed E-state index contributed by atoms with van der Waals surface area (Å²) in [7, 11) is 0. The van der Waals surface area contributed by atoms with Gasteiger partial charge in [0.1, 0.15) is 5.75 Å². The van der Waals surface area contributed by atoms with Crippen LogP contribution in [0.2, 0.25) is 0 Å². The Morgan fingerprint density at radius 3 is 2.60 bits per heavy atom. The molecule has 2 nitrogen and oxygen atoms in total. The second kappa shape index (κ2) is 8.14. The van der Waals surface area contributed by atoms with Crippen LogP contribution in [0.25, 0.3) is 0 Å². The third-order valence-corrected chi connectivity index (χ3v) is 3.64. The van der Waals surface area contributed by atoms with Crippen LogP contribution in [0.1, 0.15) is 19.4 Å². The molecule has 0 aromatic heterocycles. The highest BCUT2D eigenvalue weighted by Crippen LogP contribution is 2.30. The molecule has 0 bridgehead atoms. The van der Waals surface area contributed by atoms with Crippen molar-refractivity contribution in [2.24, 2.45) is 0 Å². The lowest BCUT2D eigenvalue weighted by atomic mass is 10.2. The van der Waals surface area contributed by atoms with Gasteiger partial charge < -0.3 is 10.1 Å². The fraction of sp³-hybridized carbons (Fsp3) is 0.538. The van der Waals surface area contributed by atoms with Crippen LogP contribution >= 0.6 is 27.7 Å². The molecule has 7 heteroatoms. The molecule has 0 atom stereocenters. The first-order chi connectivity index (χ1) is 9.28. The fourth-order valence-electron chi connectivity index (χ4n) is 1.40. The number of nitrogens with one attached hydrogen (secondary N) is 1. The van der Waals surface area contributed by atoms with Gasteiger partial charge in [0.25, 0.3) is 0 Å². The third kappa shape index (κ3) is 7.40. The average molecular weight is 372 g/mol. The number of benzene rings is 1. The van der Waals surface area contributed by atoms with Crippen LogP contribution in [-0.2, 0) is 6.54 Å². The summed E-state index contributed by atoms with van der Waals surface area (Å²) in [6.45, 7) is 4.88. The zero-order valence-electron chi connectivity index (χ0n) is 11.3. The lowest BCUT2D eigenvalue weighted by Crippen LogP contribution is -2.21. The number of hydrogen-bond donors (Lipinski definition) is 1. The van der Waals surface area contributed by atoms with Crippen molar-refractivity contribution in [1.82, 2.24) is 5.32 Å². The van der Waals surface area contributed by atoms with Gasteiger partial charge in [-0.25, -0.2) is 0 Å². The molecular weight excluding hydrogens is 355 g/mol. The van der Waals surface area contributed by atoms with Gasteiger partial charge in [0.15, 0.2) is 0 Å². The summed E-state index contributed by atoms with van der Waals surface area (Å²) in [5.41, 5.74) is -3.12. The first-order valence-corrected chi connectivity index (χ1v) is 7.91. The molecule has 1 aromatic rings. The fourth-order valence-corrected chi connectivity index (χ4v) is 2.34. The van der Waals surface area contributed by atoms with Crippen molar-refractivity contribution in [2.75, 3.05) is 12.4 Å². The number of alkyl halides is 3. The van der Waals surface area contributed by atoms with Crippen molar-refractivity contribution < 1.29 is 17.9 Å². The standard InChI is InChI=1S/C13H17BrF3NOS/c1-9(2)18-8-10-3-4-12(11(14)7-10)19-5-6-20-13(15,16)17/h3-4,7,9,18H,5-6,8H2,1-2H3. The van der Waals surface area contributed by atoms with E-state index in [2.05, 4.69) is 35.1 Å². The molecule has 0 saturated heterocycles. The Balaban J connectivity index is 2.43. The SMILES string of the molecule is CC(C)NCc1ccc(OCCSC(F)(F)F)c(Br)c1. The van der Waals surface area contributed by atoms with Crippen molar-refractivity contribution in [3.05, 3.63) is 28.2 Å². The summed E-state index contributed by atoms with van der Waals surface area (Å²) in [6.07, 6.45) is 0. The molecule has 0 heterocycles. The van der Waals surface area contributed by atoms with Crippen molar-refractivity contribution in [1.29, 1.82) is 0 Å². The maximum absolute atomic E-state index is 12.0. The molecule has 0 radical (unpaired) electrons. The van der Waals surface area contributed by atoms with Gasteiger partial charge in [-0.1, -0.05) is 19.9 Å². The van der Waals surface area contributed by atoms with Crippen LogP contribution in [0.5, 0.6) is 5.75 Å². The summed E-state index contributed by atoms with van der Waals surface area (Å²) in [4.78, 5) is 0. The van der Waals surface area contributed by atoms with Crippen LogP contribution in [0.15, 0.2) is 22.7 Å². The van der Waals surface area contributed by atoms with Crippen molar-refractivity contribution in [3.8, 4) is 5.75 Å². The Kier molecular flexibility index (Phi) is 7.19. The predicted molar refractivity (Wildman–Crippen MR) is 80.1 cm³/mol. The van der Waals surface area contributed by atoms with E-state index in [1.54, 1.807) is 6.07 Å². The molecular formula is C13H17BrF3NOS. The summed E-state index contributed by atoms with van der Waals surface area (Å²) >= 11 is 3.29. The zero-order valence-corrected chi connectivity index (χ0v) is 13.7. The Hall–Kier alpha value is -0.400. The van der Waals surface area contributed by atoms with Gasteiger partial charge in [-0.05, 0) is 45.4 Å². The van der Waals surface area contributed by atoms with E-state index in [1.165, 1.54) is 0 Å². The normalized spacial score (nSPS) is 11.9. The number of thioether (sulfide) groups is 1. The molecule has 20 heavy (non-hydrogen) atoms. The van der Waals surface area contributed by atoms with Crippen LogP contribution in [0, 0.1) is 0 Å². The number of halogens is 4. The summed E-state index contributed by atoms with van der Waals surface area (Å²) in [6, 6.07) is 5.96. The highest BCUT2D eigenvalue weighted by Gasteiger charge is 2.27. The van der Waals surface area contributed by atoms with Gasteiger partial charge in [-0.2, -0.15) is 13.2 Å². The number of hydrogen-bond acceptors (Lipinski definition) is 3. The van der Waals surface area contributed by atoms with Gasteiger partial charge in [0.2, 0.25) is 0 Å². The highest BCUT2D eigenvalue weighted by atomic mass is 79.9. The third-order valence-electron chi connectivity index (χ3n) is 2.32. The first kappa shape index (κ1) is 17.7. The van der Waals surface area contributed by atoms with E-state index in [4.69, 9.17) is 4.74 Å². The summed E-state index contributed by atoms with van der Waals surface area (Å²) in [5.74, 6) is 0.438. The van der Waals surface area contributed by atoms with E-state index in [0.29, 0.717) is 11.8 Å². The maximum atomic E-state index is 12.0. The molecule has 0 aliphatic rings. The summed E-state index contributed by atoms with van der Waals surface area (Å²) in [5, 5.41) is 3.29. The van der Waals surface area contributed by atoms with Gasteiger partial charge in [0, 0.05) is 18.3 Å². The van der Waals surface area contributed by atoms with Crippen LogP contribution in [0.3, 0.4) is 0 Å². The molecule has 0 fully saturated rings. The maximum Gasteiger partial charge on any atom is 0.441 e. The van der Waals surface area contributed by atoms with E-state index in [9.17, 15) is 13.2 Å². The van der Waals surface area contributed by atoms with Gasteiger partial charge >= 0.3 is 5.51 Å². The molecule has 0 spiro atoms. The zero-order chi connectivity index (χ0) is 15.2. The van der Waals surface area contributed by atoms with E-state index in [1.807, 2.05) is 12.1 Å². The van der Waals surface area contributed by atoms with Crippen LogP contribution in [-0.4, -0.2) is 23.9 Å². The molecule has 0 aliphatic heterocycles. The minimum Gasteiger partial charge on any atom is -0.492 e. The van der Waals surface area contributed by atoms with E-state index < -0.39 is 5.51 Å². The van der Waals surface area contributed by atoms with Gasteiger partial charge in [-0.3, -0.25) is 0 Å². The first-order valence-electron chi connectivity index (χ1n) is 6.13. The second-order valence-electron chi connectivity index (χ2n) is 4.44. The summed E-state index contributed by atoms with van der Waals surface area (Å²) < 4.78 is 41.9. The van der Waals surface area contributed by atoms with E-state index >= 15 is 0 Å². The lowest BCUT2D eigenvalue weighted by Gasteiger charge is -2.12. The Morgan fingerprint density at radius 1 is 1.35 bits per heavy atom. The smallest absolute Gasteiger partial charge is 0.441 e. The van der Waals surface area contributed by atoms with E-state index in [0.717, 1.165) is 16.6 Å². The Morgan fingerprint density at radius 2 is 2.05 bits per heavy atom. The molecule has 1 N–H and O–H groups in total. The van der Waals surface area contributed by atoms with Crippen molar-refractivity contribution in [2.45, 2.75) is 31.9 Å². The number of ether oxygens (including phenoxy) is 1. The quantitative estimate of drug-likeness (QED) is 0.708. The minimum absolute atomic E-state index is 0.0202. The molecule has 1 aromatic carbocycles. The van der Waals surface area contributed by atoms with Gasteiger partial charge in [-0.15, -0.1) is 0 Å². The van der Waals surface area contributed by atoms with Gasteiger partial charge in [0.05, 0.1) is 11.1 Å². The topological polar surface area (TPSA) is 21.3 Å². The molecule has 1 rings (SSSR count). The molecule has 0 aliphatic carbocycles. The largest absolute Gasteiger partial charge is 0.492 e. The highest BCUT2D eigenvalue weighted by molar-refractivity contribution is 9.10. The molecule has 114 valence electrons. The molecule has 0 saturated carbocycles. The minimum atomic E-state index is -4.20. The van der Waals surface area contributed by atoms with Crippen LogP contribution in [0.4, 0.5) is 13.2 Å². The lowest BCUT2D eigenvalue weighted by molar-refractivity contribution is -0.0329.